The van der Waals surface area contributed by atoms with Gasteiger partial charge in [0.1, 0.15) is 0 Å². The summed E-state index contributed by atoms with van der Waals surface area (Å²) in [5.74, 6) is 0.533. The van der Waals surface area contributed by atoms with Crippen LogP contribution in [0.4, 0.5) is 0 Å². The molecular formula is C11H24N2O2S. The number of amides is 1. The topological polar surface area (TPSA) is 63.4 Å². The Labute approximate surface area is 101 Å². The zero-order valence-electron chi connectivity index (χ0n) is 10.6. The molecule has 1 amide bonds. The minimum Gasteiger partial charge on any atom is -0.346 e. The molecule has 96 valence electrons. The van der Waals surface area contributed by atoms with Crippen LogP contribution < -0.4 is 5.73 Å². The van der Waals surface area contributed by atoms with Crippen molar-refractivity contribution in [1.82, 2.24) is 4.90 Å². The minimum atomic E-state index is -0.880. The minimum absolute atomic E-state index is 0.0603. The molecule has 0 spiro atoms. The van der Waals surface area contributed by atoms with Gasteiger partial charge in [-0.15, -0.1) is 0 Å². The highest BCUT2D eigenvalue weighted by Gasteiger charge is 2.13. The number of hydrogen-bond donors (Lipinski definition) is 1. The Morgan fingerprint density at radius 1 is 1.50 bits per heavy atom. The number of carbonyl (C=O) groups excluding carboxylic acids is 1. The van der Waals surface area contributed by atoms with Gasteiger partial charge in [0.05, 0.1) is 0 Å². The average molecular weight is 248 g/mol. The number of hydrogen-bond acceptors (Lipinski definition) is 3. The summed E-state index contributed by atoms with van der Waals surface area (Å²) in [7, 11) is 0.888. The molecule has 0 rings (SSSR count). The summed E-state index contributed by atoms with van der Waals surface area (Å²) >= 11 is 0. The van der Waals surface area contributed by atoms with Crippen LogP contribution >= 0.6 is 0 Å². The number of nitrogens with zero attached hydrogens (tertiary/aromatic N) is 1. The molecule has 0 aromatic heterocycles. The largest absolute Gasteiger partial charge is 0.346 e. The molecule has 0 fully saturated rings. The summed E-state index contributed by atoms with van der Waals surface area (Å²) < 4.78 is 11.6. The van der Waals surface area contributed by atoms with E-state index in [1.54, 1.807) is 11.9 Å². The predicted molar refractivity (Wildman–Crippen MR) is 68.7 cm³/mol. The number of nitrogens with two attached hydrogens (primary N) is 1. The van der Waals surface area contributed by atoms with Crippen molar-refractivity contribution >= 4 is 16.7 Å². The highest BCUT2D eigenvalue weighted by Crippen LogP contribution is 2.03. The number of carbonyl (C=O) groups is 1. The summed E-state index contributed by atoms with van der Waals surface area (Å²) in [6.45, 7) is 5.25. The quantitative estimate of drug-likeness (QED) is 0.689. The van der Waals surface area contributed by atoms with E-state index in [0.29, 0.717) is 25.3 Å². The van der Waals surface area contributed by atoms with Gasteiger partial charge in [-0.25, -0.2) is 0 Å². The lowest BCUT2D eigenvalue weighted by Crippen LogP contribution is -2.30. The van der Waals surface area contributed by atoms with Crippen LogP contribution in [0, 0.1) is 0 Å². The van der Waals surface area contributed by atoms with E-state index in [2.05, 4.69) is 0 Å². The van der Waals surface area contributed by atoms with Crippen molar-refractivity contribution in [2.45, 2.75) is 38.4 Å². The van der Waals surface area contributed by atoms with Crippen molar-refractivity contribution < 1.29 is 9.00 Å². The molecule has 0 aromatic carbocycles. The van der Waals surface area contributed by atoms with Gasteiger partial charge in [-0.1, -0.05) is 13.8 Å². The maximum Gasteiger partial charge on any atom is 0.223 e. The van der Waals surface area contributed by atoms with Gasteiger partial charge in [0.15, 0.2) is 0 Å². The molecule has 0 radical (unpaired) electrons. The molecule has 0 heterocycles. The van der Waals surface area contributed by atoms with Gasteiger partial charge in [0.2, 0.25) is 5.91 Å². The van der Waals surface area contributed by atoms with Crippen LogP contribution in [0.2, 0.25) is 0 Å². The van der Waals surface area contributed by atoms with Gasteiger partial charge < -0.3 is 10.6 Å². The Morgan fingerprint density at radius 3 is 2.62 bits per heavy atom. The Bertz CT molecular complexity index is 234. The van der Waals surface area contributed by atoms with E-state index in [9.17, 15) is 9.00 Å². The molecule has 0 aliphatic carbocycles. The molecule has 2 unspecified atom stereocenters. The lowest BCUT2D eigenvalue weighted by Gasteiger charge is -2.17. The van der Waals surface area contributed by atoms with Crippen molar-refractivity contribution in [2.24, 2.45) is 5.73 Å². The van der Waals surface area contributed by atoms with Gasteiger partial charge in [-0.3, -0.25) is 9.00 Å². The van der Waals surface area contributed by atoms with Gasteiger partial charge in [-0.2, -0.15) is 0 Å². The fourth-order valence-electron chi connectivity index (χ4n) is 1.22. The first-order chi connectivity index (χ1) is 7.52. The highest BCUT2D eigenvalue weighted by atomic mass is 32.2. The molecule has 0 aromatic rings. The Hall–Kier alpha value is -0.420. The predicted octanol–water partition coefficient (Wildman–Crippen LogP) is 0.731. The third-order valence-corrected chi connectivity index (χ3v) is 4.50. The molecule has 2 N–H and O–H groups in total. The smallest absolute Gasteiger partial charge is 0.223 e. The van der Waals surface area contributed by atoms with Crippen LogP contribution in [0.15, 0.2) is 0 Å². The standard InChI is InChI=1S/C11H24N2O2S/c1-4-10(2)16(15)9-6-11(14)13(3)8-5-7-12/h10H,4-9,12H2,1-3H3. The molecule has 0 saturated heterocycles. The average Bonchev–Trinajstić information content (AvgIpc) is 2.31. The zero-order chi connectivity index (χ0) is 12.6. The molecule has 5 heteroatoms. The zero-order valence-corrected chi connectivity index (χ0v) is 11.4. The maximum absolute atomic E-state index is 11.6. The first-order valence-electron chi connectivity index (χ1n) is 5.84. The first-order valence-corrected chi connectivity index (χ1v) is 7.22. The SMILES string of the molecule is CCC(C)S(=O)CCC(=O)N(C)CCCN. The van der Waals surface area contributed by atoms with Crippen molar-refractivity contribution in [3.05, 3.63) is 0 Å². The second-order valence-electron chi connectivity index (χ2n) is 4.01. The highest BCUT2D eigenvalue weighted by molar-refractivity contribution is 7.85. The summed E-state index contributed by atoms with van der Waals surface area (Å²) in [6, 6.07) is 0. The summed E-state index contributed by atoms with van der Waals surface area (Å²) in [6.07, 6.45) is 2.08. The second kappa shape index (κ2) is 8.70. The molecule has 0 aliphatic rings. The fourth-order valence-corrected chi connectivity index (χ4v) is 2.37. The van der Waals surface area contributed by atoms with E-state index in [0.717, 1.165) is 12.8 Å². The van der Waals surface area contributed by atoms with E-state index in [4.69, 9.17) is 5.73 Å². The van der Waals surface area contributed by atoms with Crippen LogP contribution in [0.25, 0.3) is 0 Å². The molecule has 4 nitrogen and oxygen atoms in total. The van der Waals surface area contributed by atoms with E-state index in [1.807, 2.05) is 13.8 Å². The molecule has 0 aliphatic heterocycles. The Balaban J connectivity index is 3.84. The molecule has 0 bridgehead atoms. The monoisotopic (exact) mass is 248 g/mol. The lowest BCUT2D eigenvalue weighted by molar-refractivity contribution is -0.129. The van der Waals surface area contributed by atoms with Crippen molar-refractivity contribution in [3.8, 4) is 0 Å². The number of rotatable bonds is 8. The maximum atomic E-state index is 11.6. The van der Waals surface area contributed by atoms with Gasteiger partial charge in [0, 0.05) is 41.8 Å². The van der Waals surface area contributed by atoms with Gasteiger partial charge in [0.25, 0.3) is 0 Å². The van der Waals surface area contributed by atoms with Crippen LogP contribution in [0.1, 0.15) is 33.1 Å². The molecular weight excluding hydrogens is 224 g/mol. The fraction of sp³-hybridized carbons (Fsp3) is 0.909. The van der Waals surface area contributed by atoms with Crippen molar-refractivity contribution in [2.75, 3.05) is 25.9 Å². The van der Waals surface area contributed by atoms with E-state index < -0.39 is 10.8 Å². The van der Waals surface area contributed by atoms with E-state index >= 15 is 0 Å². The Morgan fingerprint density at radius 2 is 2.12 bits per heavy atom. The third-order valence-electron chi connectivity index (χ3n) is 2.66. The third kappa shape index (κ3) is 6.23. The Kier molecular flexibility index (Phi) is 8.47. The second-order valence-corrected chi connectivity index (χ2v) is 5.99. The first kappa shape index (κ1) is 15.6. The van der Waals surface area contributed by atoms with Gasteiger partial charge >= 0.3 is 0 Å². The van der Waals surface area contributed by atoms with Crippen LogP contribution in [0.5, 0.6) is 0 Å². The van der Waals surface area contributed by atoms with Crippen LogP contribution in [-0.2, 0) is 15.6 Å². The summed E-state index contributed by atoms with van der Waals surface area (Å²) in [5, 5.41) is 0.183. The summed E-state index contributed by atoms with van der Waals surface area (Å²) in [5.41, 5.74) is 5.37. The molecule has 2 atom stereocenters. The van der Waals surface area contributed by atoms with Crippen molar-refractivity contribution in [3.63, 3.8) is 0 Å². The lowest BCUT2D eigenvalue weighted by atomic mass is 10.3. The van der Waals surface area contributed by atoms with E-state index in [1.165, 1.54) is 0 Å². The summed E-state index contributed by atoms with van der Waals surface area (Å²) in [4.78, 5) is 13.3. The van der Waals surface area contributed by atoms with E-state index in [-0.39, 0.29) is 11.2 Å². The molecule has 16 heavy (non-hydrogen) atoms. The van der Waals surface area contributed by atoms with Crippen LogP contribution in [0.3, 0.4) is 0 Å². The van der Waals surface area contributed by atoms with Gasteiger partial charge in [-0.05, 0) is 19.4 Å². The van der Waals surface area contributed by atoms with Crippen LogP contribution in [-0.4, -0.2) is 46.2 Å². The normalized spacial score (nSPS) is 14.5. The van der Waals surface area contributed by atoms with Crippen molar-refractivity contribution in [1.29, 1.82) is 0 Å². The molecule has 0 saturated carbocycles.